The standard InChI is InChI=1S/C12H22F3NO3S/c13-12(14,15)20-16(18)8-9-19-11(17)10-6-4-2-1-3-5-7-10/h10-11,16-17H,1-9H2. The van der Waals surface area contributed by atoms with E-state index in [4.69, 9.17) is 4.74 Å². The quantitative estimate of drug-likeness (QED) is 0.448. The summed E-state index contributed by atoms with van der Waals surface area (Å²) in [6, 6.07) is 0. The minimum absolute atomic E-state index is 0.0284. The number of halogens is 3. The molecule has 2 unspecified atom stereocenters. The van der Waals surface area contributed by atoms with Crippen LogP contribution < -0.4 is 4.47 Å². The first-order chi connectivity index (χ1) is 9.38. The van der Waals surface area contributed by atoms with Crippen molar-refractivity contribution in [2.24, 2.45) is 5.92 Å². The number of hydrogen-bond donors (Lipinski definition) is 2. The number of alkyl halides is 3. The lowest BCUT2D eigenvalue weighted by Gasteiger charge is -2.26. The van der Waals surface area contributed by atoms with Gasteiger partial charge in [-0.3, -0.25) is 0 Å². The van der Waals surface area contributed by atoms with Crippen LogP contribution in [0.5, 0.6) is 0 Å². The van der Waals surface area contributed by atoms with Gasteiger partial charge in [-0.25, -0.2) is 0 Å². The number of nitrogens with one attached hydrogen (secondary N) is 1. The average Bonchev–Trinajstić information content (AvgIpc) is 2.25. The molecule has 1 fully saturated rings. The number of hydrogen-bond acceptors (Lipinski definition) is 4. The van der Waals surface area contributed by atoms with Crippen molar-refractivity contribution in [3.8, 4) is 0 Å². The van der Waals surface area contributed by atoms with Crippen molar-refractivity contribution in [3.63, 3.8) is 0 Å². The fourth-order valence-electron chi connectivity index (χ4n) is 2.35. The van der Waals surface area contributed by atoms with Gasteiger partial charge in [-0.1, -0.05) is 32.1 Å². The van der Waals surface area contributed by atoms with E-state index >= 15 is 0 Å². The van der Waals surface area contributed by atoms with Crippen molar-refractivity contribution in [1.82, 2.24) is 0 Å². The molecule has 0 spiro atoms. The highest BCUT2D eigenvalue weighted by atomic mass is 32.2. The predicted molar refractivity (Wildman–Crippen MR) is 70.6 cm³/mol. The van der Waals surface area contributed by atoms with Gasteiger partial charge in [-0.2, -0.15) is 13.2 Å². The molecule has 0 aromatic carbocycles. The molecule has 4 nitrogen and oxygen atoms in total. The van der Waals surface area contributed by atoms with Crippen LogP contribution in [-0.2, 0) is 4.74 Å². The van der Waals surface area contributed by atoms with Gasteiger partial charge >= 0.3 is 5.51 Å². The SMILES string of the molecule is [O-][NH+](CCOC(O)C1CCCCCCC1)SC(F)(F)F. The second-order valence-electron chi connectivity index (χ2n) is 5.04. The maximum absolute atomic E-state index is 11.9. The predicted octanol–water partition coefficient (Wildman–Crippen LogP) is 2.23. The van der Waals surface area contributed by atoms with Gasteiger partial charge in [-0.15, -0.1) is 0 Å². The lowest BCUT2D eigenvalue weighted by molar-refractivity contribution is -0.699. The minimum Gasteiger partial charge on any atom is -0.621 e. The molecular weight excluding hydrogens is 295 g/mol. The molecule has 20 heavy (non-hydrogen) atoms. The number of quaternary nitrogens is 1. The highest BCUT2D eigenvalue weighted by Crippen LogP contribution is 2.26. The number of hydroxylamine groups is 1. The zero-order valence-electron chi connectivity index (χ0n) is 11.3. The number of ether oxygens (including phenoxy) is 1. The summed E-state index contributed by atoms with van der Waals surface area (Å²) in [6.45, 7) is -0.506. The number of aliphatic hydroxyl groups is 1. The monoisotopic (exact) mass is 317 g/mol. The summed E-state index contributed by atoms with van der Waals surface area (Å²) >= 11 is -0.650. The Labute approximate surface area is 121 Å². The normalized spacial score (nSPS) is 22.1. The van der Waals surface area contributed by atoms with Gasteiger partial charge in [0.15, 0.2) is 18.2 Å². The molecule has 2 N–H and O–H groups in total. The smallest absolute Gasteiger partial charge is 0.496 e. The van der Waals surface area contributed by atoms with Gasteiger partial charge in [0.25, 0.3) is 0 Å². The summed E-state index contributed by atoms with van der Waals surface area (Å²) in [6.07, 6.45) is 6.33. The largest absolute Gasteiger partial charge is 0.621 e. The van der Waals surface area contributed by atoms with Crippen LogP contribution in [0.1, 0.15) is 44.9 Å². The molecule has 0 aromatic rings. The Bertz CT molecular complexity index is 261. The molecule has 1 rings (SSSR count). The van der Waals surface area contributed by atoms with E-state index in [1.54, 1.807) is 0 Å². The van der Waals surface area contributed by atoms with Gasteiger partial charge in [0.1, 0.15) is 13.2 Å². The lowest BCUT2D eigenvalue weighted by Crippen LogP contribution is -3.01. The van der Waals surface area contributed by atoms with E-state index in [-0.39, 0.29) is 19.1 Å². The van der Waals surface area contributed by atoms with E-state index < -0.39 is 28.2 Å². The molecule has 120 valence electrons. The second-order valence-corrected chi connectivity index (χ2v) is 6.16. The van der Waals surface area contributed by atoms with Gasteiger partial charge in [0.05, 0.1) is 0 Å². The number of aliphatic hydroxyl groups excluding tert-OH is 1. The van der Waals surface area contributed by atoms with E-state index in [9.17, 15) is 23.5 Å². The van der Waals surface area contributed by atoms with E-state index in [2.05, 4.69) is 0 Å². The van der Waals surface area contributed by atoms with Crippen LogP contribution >= 0.6 is 11.9 Å². The van der Waals surface area contributed by atoms with E-state index in [1.165, 1.54) is 6.42 Å². The molecule has 1 saturated carbocycles. The van der Waals surface area contributed by atoms with Crippen LogP contribution in [0.4, 0.5) is 13.2 Å². The first-order valence-corrected chi connectivity index (χ1v) is 7.78. The first kappa shape index (κ1) is 18.0. The second kappa shape index (κ2) is 9.09. The summed E-state index contributed by atoms with van der Waals surface area (Å²) in [5.41, 5.74) is -4.55. The molecule has 1 aliphatic carbocycles. The molecular formula is C12H22F3NO3S. The van der Waals surface area contributed by atoms with E-state index in [0.717, 1.165) is 38.5 Å². The van der Waals surface area contributed by atoms with Crippen LogP contribution in [0, 0.1) is 11.1 Å². The zero-order valence-corrected chi connectivity index (χ0v) is 12.1. The van der Waals surface area contributed by atoms with Crippen LogP contribution in [-0.4, -0.2) is 30.1 Å². The van der Waals surface area contributed by atoms with Gasteiger partial charge < -0.3 is 19.5 Å². The Hall–Kier alpha value is -0.0200. The molecule has 0 amide bonds. The highest BCUT2D eigenvalue weighted by Gasteiger charge is 2.35. The van der Waals surface area contributed by atoms with Gasteiger partial charge in [0.2, 0.25) is 0 Å². The van der Waals surface area contributed by atoms with Crippen LogP contribution in [0.3, 0.4) is 0 Å². The van der Waals surface area contributed by atoms with Gasteiger partial charge in [0, 0.05) is 5.92 Å². The molecule has 0 aliphatic heterocycles. The third-order valence-electron chi connectivity index (χ3n) is 3.38. The summed E-state index contributed by atoms with van der Waals surface area (Å²) in [5, 5.41) is 20.9. The Balaban J connectivity index is 2.19. The molecule has 0 aromatic heterocycles. The summed E-state index contributed by atoms with van der Waals surface area (Å²) in [4.78, 5) is 0. The van der Waals surface area contributed by atoms with Crippen molar-refractivity contribution in [2.45, 2.75) is 56.7 Å². The molecule has 0 bridgehead atoms. The molecule has 1 aliphatic rings. The van der Waals surface area contributed by atoms with Crippen LogP contribution in [0.2, 0.25) is 0 Å². The van der Waals surface area contributed by atoms with Gasteiger partial charge in [-0.05, 0) is 12.8 Å². The topological polar surface area (TPSA) is 57.0 Å². The zero-order chi connectivity index (χ0) is 15.0. The molecule has 0 radical (unpaired) electrons. The van der Waals surface area contributed by atoms with Crippen molar-refractivity contribution in [3.05, 3.63) is 5.21 Å². The summed E-state index contributed by atoms with van der Waals surface area (Å²) in [7, 11) is 0. The van der Waals surface area contributed by atoms with Crippen LogP contribution in [0.15, 0.2) is 0 Å². The first-order valence-electron chi connectivity index (χ1n) is 6.97. The number of rotatable bonds is 6. The molecule has 0 heterocycles. The Morgan fingerprint density at radius 2 is 1.75 bits per heavy atom. The summed E-state index contributed by atoms with van der Waals surface area (Å²) in [5.74, 6) is 0.0284. The molecule has 0 saturated heterocycles. The molecule has 2 atom stereocenters. The van der Waals surface area contributed by atoms with Crippen molar-refractivity contribution in [1.29, 1.82) is 0 Å². The third-order valence-corrected chi connectivity index (χ3v) is 4.04. The summed E-state index contributed by atoms with van der Waals surface area (Å²) < 4.78 is 39.9. The van der Waals surface area contributed by atoms with Crippen molar-refractivity contribution < 1.29 is 27.5 Å². The van der Waals surface area contributed by atoms with Crippen molar-refractivity contribution in [2.75, 3.05) is 13.2 Å². The fraction of sp³-hybridized carbons (Fsp3) is 1.00. The lowest BCUT2D eigenvalue weighted by atomic mass is 9.91. The Kier molecular flexibility index (Phi) is 8.20. The fourth-order valence-corrected chi connectivity index (χ4v) is 2.80. The Morgan fingerprint density at radius 3 is 2.30 bits per heavy atom. The van der Waals surface area contributed by atoms with E-state index in [1.807, 2.05) is 0 Å². The minimum atomic E-state index is -4.55. The van der Waals surface area contributed by atoms with Crippen molar-refractivity contribution >= 4 is 11.9 Å². The van der Waals surface area contributed by atoms with E-state index in [0.29, 0.717) is 0 Å². The third kappa shape index (κ3) is 8.31. The highest BCUT2D eigenvalue weighted by molar-refractivity contribution is 7.93. The average molecular weight is 317 g/mol. The maximum atomic E-state index is 11.9. The Morgan fingerprint density at radius 1 is 1.20 bits per heavy atom. The van der Waals surface area contributed by atoms with Crippen LogP contribution in [0.25, 0.3) is 0 Å². The maximum Gasteiger partial charge on any atom is 0.496 e. The molecule has 8 heteroatoms.